The highest BCUT2D eigenvalue weighted by molar-refractivity contribution is 7.83. The number of rotatable bonds is 21. The first-order chi connectivity index (χ1) is 38.7. The van der Waals surface area contributed by atoms with Crippen LogP contribution in [-0.4, -0.2) is 308 Å². The molecule has 7 heterocycles. The van der Waals surface area contributed by atoms with Crippen molar-refractivity contribution in [3.8, 4) is 0 Å². The number of hydrogen-bond donors (Lipinski definition) is 17. The summed E-state index contributed by atoms with van der Waals surface area (Å²) in [5, 5.41) is 134. The third kappa shape index (κ3) is 13.2. The topological polar surface area (TPSA) is 596 Å². The quantitative estimate of drug-likeness (QED) is 0.0375. The maximum Gasteiger partial charge on any atom is 0.397 e. The normalized spacial score (nSPS) is 46.1. The molecule has 0 aromatic heterocycles. The third-order valence-electron chi connectivity index (χ3n) is 14.9. The predicted octanol–water partition coefficient (Wildman–Crippen LogP) is -11.0. The molecule has 0 radical (unpaired) electrons. The van der Waals surface area contributed by atoms with Gasteiger partial charge >= 0.3 is 38.6 Å². The Kier molecular flexibility index (Phi) is 19.4. The van der Waals surface area contributed by atoms with Crippen molar-refractivity contribution in [2.24, 2.45) is 5.92 Å². The minimum absolute atomic E-state index is 0.226. The van der Waals surface area contributed by atoms with Gasteiger partial charge in [-0.05, 0) is 6.08 Å². The van der Waals surface area contributed by atoms with Gasteiger partial charge in [0.1, 0.15) is 97.6 Å². The van der Waals surface area contributed by atoms with E-state index in [-0.39, 0.29) is 6.61 Å². The number of aliphatic hydroxyl groups excluding tert-OH is 9. The summed E-state index contributed by atoms with van der Waals surface area (Å²) in [6.07, 6.45) is -49.1. The van der Waals surface area contributed by atoms with Crippen LogP contribution in [0.5, 0.6) is 0 Å². The van der Waals surface area contributed by atoms with Gasteiger partial charge in [-0.3, -0.25) is 18.7 Å². The molecule has 7 aliphatic heterocycles. The van der Waals surface area contributed by atoms with Crippen LogP contribution in [0, 0.1) is 5.92 Å². The molecule has 0 aromatic carbocycles. The van der Waals surface area contributed by atoms with Crippen molar-refractivity contribution >= 4 is 50.4 Å². The summed E-state index contributed by atoms with van der Waals surface area (Å²) in [4.78, 5) is 62.6. The molecular formula is C42H61N3O36S2. The van der Waals surface area contributed by atoms with Crippen LogP contribution in [0.4, 0.5) is 0 Å². The summed E-state index contributed by atoms with van der Waals surface area (Å²) in [7, 11) is -10.8. The second-order valence-electron chi connectivity index (χ2n) is 20.3. The van der Waals surface area contributed by atoms with Crippen LogP contribution in [0.15, 0.2) is 11.8 Å². The molecule has 39 nitrogen and oxygen atoms in total. The number of carbonyl (C=O) groups excluding carboxylic acids is 2. The Balaban J connectivity index is 0.994. The van der Waals surface area contributed by atoms with E-state index in [9.17, 15) is 111 Å². The molecule has 17 N–H and O–H groups in total. The first-order valence-electron chi connectivity index (χ1n) is 24.9. The first kappa shape index (κ1) is 64.8. The molecule has 29 atom stereocenters. The maximum absolute atomic E-state index is 12.9. The van der Waals surface area contributed by atoms with Crippen molar-refractivity contribution in [3.05, 3.63) is 11.8 Å². The SMILES string of the molecule is CC(=O)N[C@H]1[C@@H](OC2C(C(=O)O)O[C@@H](OC3[C@H](O)[C@@H](NS(=O)(=O)O)C4OC[C@H]5O[C@]345)[C@H](OS(=O)(=O)O)[C@H]2O)O[C@H](CO)[C@@H](O[C@@H]2OC(C(=O)O)[C@@H](O[C@H]3O[C@H](CO)[C@@H](O[C@@H]4OC(C(=O)O)=C[C@H](O)[C@H]4O)[C@H](O)[C@H]3NC(C)=O)[C@H](O)[C@H]2O)[C@@H]1C. The minimum atomic E-state index is -5.69. The average Bonchev–Trinajstić information content (AvgIpc) is 1.66. The Morgan fingerprint density at radius 3 is 1.67 bits per heavy atom. The zero-order valence-corrected chi connectivity index (χ0v) is 44.6. The van der Waals surface area contributed by atoms with Gasteiger partial charge in [-0.2, -0.15) is 21.6 Å². The van der Waals surface area contributed by atoms with E-state index in [1.807, 2.05) is 0 Å². The number of aliphatic hydroxyl groups is 9. The van der Waals surface area contributed by atoms with Crippen LogP contribution in [0.1, 0.15) is 20.8 Å². The van der Waals surface area contributed by atoms with Gasteiger partial charge < -0.3 is 129 Å². The van der Waals surface area contributed by atoms with Crippen LogP contribution in [0.3, 0.4) is 0 Å². The van der Waals surface area contributed by atoms with Crippen LogP contribution in [0.25, 0.3) is 0 Å². The van der Waals surface area contributed by atoms with Crippen molar-refractivity contribution in [1.29, 1.82) is 0 Å². The molecule has 41 heteroatoms. The van der Waals surface area contributed by atoms with Crippen molar-refractivity contribution in [2.45, 2.75) is 192 Å². The predicted molar refractivity (Wildman–Crippen MR) is 248 cm³/mol. The fraction of sp³-hybridized carbons (Fsp3) is 0.833. The number of ether oxygens (including phenoxy) is 12. The molecule has 0 aromatic rings. The lowest BCUT2D eigenvalue weighted by molar-refractivity contribution is -0.371. The number of epoxide rings is 1. The summed E-state index contributed by atoms with van der Waals surface area (Å²) in [5.74, 6) is -9.66. The average molecular weight is 1250 g/mol. The molecular weight excluding hydrogens is 1190 g/mol. The van der Waals surface area contributed by atoms with Crippen molar-refractivity contribution in [1.82, 2.24) is 15.4 Å². The van der Waals surface area contributed by atoms with Gasteiger partial charge in [0.25, 0.3) is 0 Å². The van der Waals surface area contributed by atoms with Gasteiger partial charge in [-0.15, -0.1) is 0 Å². The highest BCUT2D eigenvalue weighted by Crippen LogP contribution is 2.57. The fourth-order valence-corrected chi connectivity index (χ4v) is 12.2. The summed E-state index contributed by atoms with van der Waals surface area (Å²) < 4.78 is 142. The second kappa shape index (κ2) is 24.9. The highest BCUT2D eigenvalue weighted by Gasteiger charge is 2.80. The van der Waals surface area contributed by atoms with E-state index in [4.69, 9.17) is 56.8 Å². The number of carboxylic acid groups (broad SMARTS) is 3. The highest BCUT2D eigenvalue weighted by atomic mass is 32.3. The van der Waals surface area contributed by atoms with Gasteiger partial charge in [0, 0.05) is 19.8 Å². The number of nitrogens with one attached hydrogen (secondary N) is 3. The fourth-order valence-electron chi connectivity index (χ4n) is 11.1. The molecule has 1 saturated carbocycles. The first-order valence-corrected chi connectivity index (χ1v) is 27.7. The maximum atomic E-state index is 12.9. The minimum Gasteiger partial charge on any atom is -0.479 e. The zero-order chi connectivity index (χ0) is 61.3. The Morgan fingerprint density at radius 2 is 1.14 bits per heavy atom. The van der Waals surface area contributed by atoms with E-state index < -0.39 is 246 Å². The van der Waals surface area contributed by atoms with E-state index >= 15 is 0 Å². The molecule has 8 rings (SSSR count). The third-order valence-corrected chi connectivity index (χ3v) is 15.9. The monoisotopic (exact) mass is 1250 g/mol. The van der Waals surface area contributed by atoms with Gasteiger partial charge in [-0.25, -0.2) is 18.6 Å². The lowest BCUT2D eigenvalue weighted by Crippen LogP contribution is -2.69. The second-order valence-corrected chi connectivity index (χ2v) is 22.6. The summed E-state index contributed by atoms with van der Waals surface area (Å²) in [5.41, 5.74) is -1.75. The molecule has 6 saturated heterocycles. The van der Waals surface area contributed by atoms with Crippen molar-refractivity contribution < 1.29 is 172 Å². The van der Waals surface area contributed by atoms with Gasteiger partial charge in [0.2, 0.25) is 23.9 Å². The molecule has 2 amide bonds. The number of carbonyl (C=O) groups is 5. The van der Waals surface area contributed by atoms with E-state index in [2.05, 4.69) is 14.8 Å². The molecule has 7 fully saturated rings. The number of carboxylic acids is 3. The number of hydrogen-bond acceptors (Lipinski definition) is 31. The Labute approximate surface area is 466 Å². The summed E-state index contributed by atoms with van der Waals surface area (Å²) >= 11 is 0. The zero-order valence-electron chi connectivity index (χ0n) is 42.9. The Morgan fingerprint density at radius 1 is 0.614 bits per heavy atom. The Bertz CT molecular complexity index is 2680. The molecule has 1 spiro atoms. The lowest BCUT2D eigenvalue weighted by atomic mass is 9.87. The lowest BCUT2D eigenvalue weighted by Gasteiger charge is -2.50. The largest absolute Gasteiger partial charge is 0.479 e. The van der Waals surface area contributed by atoms with Crippen LogP contribution >= 0.6 is 0 Å². The number of amides is 2. The van der Waals surface area contributed by atoms with E-state index in [0.717, 1.165) is 13.8 Å². The van der Waals surface area contributed by atoms with E-state index in [1.54, 1.807) is 4.72 Å². The molecule has 8 aliphatic rings. The molecule has 472 valence electrons. The van der Waals surface area contributed by atoms with Crippen LogP contribution < -0.4 is 15.4 Å². The standard InChI is InChI=1S/C42H61N3O36S2/c1-8-16(43-9(2)48)37(76-28-24(56)29(81-83(66,67)68)41(78-31(28)36(61)62)79-33-21(53)17(45-82(63,64)65)32-42(33)15(80-42)7-69-32)71-13(5-46)25(8)73-40-23(55)22(54)27(30(77-40)35(59)60)75-38-18(44-10(3)49)20(52)26(14(6-47)72-38)74-39-19(51)11(50)4-12(70-39)34(57)58/h4,8,11,13-33,37-41,45-47,50-56H,5-7H2,1-3H3,(H,43,48)(H,44,49)(H,57,58)(H,59,60)(H,61,62)(H,63,64,65)(H,66,67,68)/t8-,11+,13-,14-,15-,16-,17-,18-,19-,20-,21-,22-,23-,24+,25+,26-,27+,28?,29-,30?,31?,32?,33?,37-,38-,39+,40-,41+,42+/m1/s1. The van der Waals surface area contributed by atoms with Gasteiger partial charge in [0.15, 0.2) is 49.1 Å². The van der Waals surface area contributed by atoms with Gasteiger partial charge in [-0.1, -0.05) is 6.92 Å². The summed E-state index contributed by atoms with van der Waals surface area (Å²) in [6, 6.07) is -5.22. The van der Waals surface area contributed by atoms with E-state index in [0.29, 0.717) is 6.08 Å². The Hall–Kier alpha value is -4.17. The number of aliphatic carboxylic acids is 3. The molecule has 83 heavy (non-hydrogen) atoms. The van der Waals surface area contributed by atoms with Gasteiger partial charge in [0.05, 0.1) is 38.0 Å². The van der Waals surface area contributed by atoms with Crippen molar-refractivity contribution in [3.63, 3.8) is 0 Å². The smallest absolute Gasteiger partial charge is 0.397 e. The molecule has 0 bridgehead atoms. The van der Waals surface area contributed by atoms with Crippen molar-refractivity contribution in [2.75, 3.05) is 19.8 Å². The van der Waals surface area contributed by atoms with E-state index in [1.165, 1.54) is 6.92 Å². The van der Waals surface area contributed by atoms with Crippen LogP contribution in [0.2, 0.25) is 0 Å². The summed E-state index contributed by atoms with van der Waals surface area (Å²) in [6.45, 7) is 0.745. The molecule has 1 aliphatic carbocycles. The molecule has 5 unspecified atom stereocenters. The van der Waals surface area contributed by atoms with Crippen LogP contribution in [-0.2, 0) is 106 Å².